The molecule has 10 heteroatoms. The molecule has 2 amide bonds. The fourth-order valence-corrected chi connectivity index (χ4v) is 1.86. The first kappa shape index (κ1) is 23.4. The minimum absolute atomic E-state index is 0.0274. The Bertz CT molecular complexity index is 840. The molecule has 1 rings (SSSR count). The van der Waals surface area contributed by atoms with Gasteiger partial charge in [-0.25, -0.2) is 19.4 Å². The van der Waals surface area contributed by atoms with Gasteiger partial charge in [-0.3, -0.25) is 10.6 Å². The maximum Gasteiger partial charge on any atom is 0.414 e. The molecule has 0 unspecified atom stereocenters. The summed E-state index contributed by atoms with van der Waals surface area (Å²) in [6.45, 7) is 9.94. The lowest BCUT2D eigenvalue weighted by molar-refractivity contribution is 0.0543. The van der Waals surface area contributed by atoms with Crippen LogP contribution in [0.2, 0.25) is 0 Å². The van der Waals surface area contributed by atoms with E-state index >= 15 is 0 Å². The third-order valence-corrected chi connectivity index (χ3v) is 2.83. The Hall–Kier alpha value is -3.61. The second kappa shape index (κ2) is 9.05. The van der Waals surface area contributed by atoms with Crippen LogP contribution in [-0.4, -0.2) is 40.4 Å². The van der Waals surface area contributed by atoms with E-state index in [1.807, 2.05) is 6.07 Å². The van der Waals surface area contributed by atoms with Crippen LogP contribution < -0.4 is 10.6 Å². The van der Waals surface area contributed by atoms with Crippen LogP contribution in [0.4, 0.5) is 15.3 Å². The van der Waals surface area contributed by atoms with Crippen LogP contribution in [-0.2, 0) is 9.47 Å². The molecule has 29 heavy (non-hydrogen) atoms. The molecule has 0 aliphatic carbocycles. The maximum atomic E-state index is 12.1. The lowest BCUT2D eigenvalue weighted by Crippen LogP contribution is -2.47. The van der Waals surface area contributed by atoms with Crippen molar-refractivity contribution in [3.8, 4) is 6.07 Å². The number of amides is 2. The fourth-order valence-electron chi connectivity index (χ4n) is 1.86. The first-order valence-corrected chi connectivity index (χ1v) is 8.56. The Morgan fingerprint density at radius 2 is 1.48 bits per heavy atom. The van der Waals surface area contributed by atoms with Gasteiger partial charge in [0.25, 0.3) is 0 Å². The number of carbonyl (C=O) groups excluding carboxylic acids is 2. The number of aromatic carboxylic acids is 1. The van der Waals surface area contributed by atoms with E-state index in [4.69, 9.17) is 14.6 Å². The zero-order valence-electron chi connectivity index (χ0n) is 17.1. The summed E-state index contributed by atoms with van der Waals surface area (Å²) in [7, 11) is 0. The van der Waals surface area contributed by atoms with Crippen molar-refractivity contribution in [2.24, 2.45) is 4.99 Å². The third-order valence-electron chi connectivity index (χ3n) is 2.83. The molecule has 1 aromatic rings. The number of benzene rings is 1. The second-order valence-electron chi connectivity index (χ2n) is 7.86. The average molecular weight is 404 g/mol. The number of aliphatic imine (C=N–C) groups is 1. The molecule has 0 bridgehead atoms. The standard InChI is InChI=1S/C19H24N4O6/c1-18(2,3)28-16(26)22-15(23-17(27)29-19(4,5)6)21-13-8-7-11(14(24)25)9-12(13)10-20/h7-9H,1-6H3,(H,24,25)(H2,21,22,23,26,27). The largest absolute Gasteiger partial charge is 0.478 e. The smallest absolute Gasteiger partial charge is 0.414 e. The van der Waals surface area contributed by atoms with Crippen LogP contribution in [0.3, 0.4) is 0 Å². The van der Waals surface area contributed by atoms with Gasteiger partial charge in [0, 0.05) is 0 Å². The molecular weight excluding hydrogens is 380 g/mol. The maximum absolute atomic E-state index is 12.1. The van der Waals surface area contributed by atoms with Crippen molar-refractivity contribution < 1.29 is 29.0 Å². The predicted octanol–water partition coefficient (Wildman–Crippen LogP) is 3.29. The lowest BCUT2D eigenvalue weighted by Gasteiger charge is -2.22. The molecule has 0 saturated heterocycles. The van der Waals surface area contributed by atoms with E-state index in [9.17, 15) is 19.6 Å². The summed E-state index contributed by atoms with van der Waals surface area (Å²) in [5.74, 6) is -1.57. The summed E-state index contributed by atoms with van der Waals surface area (Å²) in [6.07, 6.45) is -1.79. The van der Waals surface area contributed by atoms with E-state index < -0.39 is 29.4 Å². The van der Waals surface area contributed by atoms with Gasteiger partial charge in [0.2, 0.25) is 5.96 Å². The number of ether oxygens (including phenoxy) is 2. The van der Waals surface area contributed by atoms with Gasteiger partial charge in [0.1, 0.15) is 17.3 Å². The Kier molecular flexibility index (Phi) is 7.31. The summed E-state index contributed by atoms with van der Waals surface area (Å²) < 4.78 is 10.3. The van der Waals surface area contributed by atoms with Crippen molar-refractivity contribution in [3.05, 3.63) is 29.3 Å². The Morgan fingerprint density at radius 1 is 1.00 bits per heavy atom. The van der Waals surface area contributed by atoms with Gasteiger partial charge in [-0.1, -0.05) is 0 Å². The molecule has 1 aromatic carbocycles. The van der Waals surface area contributed by atoms with Crippen LogP contribution in [0, 0.1) is 11.3 Å². The van der Waals surface area contributed by atoms with E-state index in [1.165, 1.54) is 12.1 Å². The van der Waals surface area contributed by atoms with Gasteiger partial charge in [-0.15, -0.1) is 0 Å². The number of rotatable bonds is 2. The second-order valence-corrected chi connectivity index (χ2v) is 7.86. The van der Waals surface area contributed by atoms with Crippen LogP contribution in [0.15, 0.2) is 23.2 Å². The van der Waals surface area contributed by atoms with Crippen molar-refractivity contribution in [1.29, 1.82) is 5.26 Å². The molecule has 10 nitrogen and oxygen atoms in total. The monoisotopic (exact) mass is 404 g/mol. The van der Waals surface area contributed by atoms with Gasteiger partial charge < -0.3 is 14.6 Å². The summed E-state index contributed by atoms with van der Waals surface area (Å²) >= 11 is 0. The number of nitrogens with one attached hydrogen (secondary N) is 2. The first-order valence-electron chi connectivity index (χ1n) is 8.56. The molecule has 3 N–H and O–H groups in total. The minimum Gasteiger partial charge on any atom is -0.478 e. The number of carboxylic acid groups (broad SMARTS) is 1. The Labute approximate surface area is 168 Å². The normalized spacial score (nSPS) is 10.9. The minimum atomic E-state index is -1.21. The highest BCUT2D eigenvalue weighted by Crippen LogP contribution is 2.20. The van der Waals surface area contributed by atoms with Crippen LogP contribution in [0.5, 0.6) is 0 Å². The molecule has 156 valence electrons. The zero-order chi connectivity index (χ0) is 22.4. The summed E-state index contributed by atoms with van der Waals surface area (Å²) in [5.41, 5.74) is -1.76. The van der Waals surface area contributed by atoms with E-state index in [0.717, 1.165) is 6.07 Å². The van der Waals surface area contributed by atoms with E-state index in [-0.39, 0.29) is 22.8 Å². The number of alkyl carbamates (subject to hydrolysis) is 2. The molecule has 0 heterocycles. The molecule has 0 saturated carbocycles. The number of carboxylic acids is 1. The number of nitriles is 1. The quantitative estimate of drug-likeness (QED) is 0.505. The van der Waals surface area contributed by atoms with E-state index in [0.29, 0.717) is 0 Å². The summed E-state index contributed by atoms with van der Waals surface area (Å²) in [5, 5.41) is 22.9. The van der Waals surface area contributed by atoms with Crippen molar-refractivity contribution in [3.63, 3.8) is 0 Å². The lowest BCUT2D eigenvalue weighted by atomic mass is 10.1. The molecule has 0 spiro atoms. The number of hydrogen-bond acceptors (Lipinski definition) is 7. The number of nitrogens with zero attached hydrogens (tertiary/aromatic N) is 2. The van der Waals surface area contributed by atoms with E-state index in [2.05, 4.69) is 15.6 Å². The first-order chi connectivity index (χ1) is 13.2. The molecule has 0 aromatic heterocycles. The molecule has 0 aliphatic heterocycles. The van der Waals surface area contributed by atoms with Crippen molar-refractivity contribution in [2.75, 3.05) is 0 Å². The van der Waals surface area contributed by atoms with Crippen LogP contribution in [0.25, 0.3) is 0 Å². The van der Waals surface area contributed by atoms with Crippen molar-refractivity contribution >= 4 is 29.8 Å². The Morgan fingerprint density at radius 3 is 1.86 bits per heavy atom. The molecule has 0 aliphatic rings. The van der Waals surface area contributed by atoms with Gasteiger partial charge in [-0.05, 0) is 59.7 Å². The average Bonchev–Trinajstić information content (AvgIpc) is 2.50. The highest BCUT2D eigenvalue weighted by Gasteiger charge is 2.21. The van der Waals surface area contributed by atoms with Crippen molar-refractivity contribution in [2.45, 2.75) is 52.7 Å². The zero-order valence-corrected chi connectivity index (χ0v) is 17.1. The van der Waals surface area contributed by atoms with E-state index in [1.54, 1.807) is 41.5 Å². The number of carbonyl (C=O) groups is 3. The number of guanidine groups is 1. The molecule has 0 radical (unpaired) electrons. The summed E-state index contributed by atoms with van der Waals surface area (Å²) in [4.78, 5) is 39.3. The topological polar surface area (TPSA) is 150 Å². The van der Waals surface area contributed by atoms with Gasteiger partial charge >= 0.3 is 18.2 Å². The molecular formula is C19H24N4O6. The van der Waals surface area contributed by atoms with Gasteiger partial charge in [0.05, 0.1) is 16.8 Å². The SMILES string of the molecule is CC(C)(C)OC(=O)NC(=Nc1ccc(C(=O)O)cc1C#N)NC(=O)OC(C)(C)C. The van der Waals surface area contributed by atoms with Crippen molar-refractivity contribution in [1.82, 2.24) is 10.6 Å². The highest BCUT2D eigenvalue weighted by molar-refractivity contribution is 6.02. The Balaban J connectivity index is 3.25. The van der Waals surface area contributed by atoms with Gasteiger partial charge in [0.15, 0.2) is 0 Å². The van der Waals surface area contributed by atoms with Crippen LogP contribution >= 0.6 is 0 Å². The van der Waals surface area contributed by atoms with Crippen LogP contribution in [0.1, 0.15) is 57.5 Å². The molecule has 0 atom stereocenters. The predicted molar refractivity (Wildman–Crippen MR) is 104 cm³/mol. The highest BCUT2D eigenvalue weighted by atomic mass is 16.6. The summed E-state index contributed by atoms with van der Waals surface area (Å²) in [6, 6.07) is 5.46. The third kappa shape index (κ3) is 8.75. The fraction of sp³-hybridized carbons (Fsp3) is 0.421. The molecule has 0 fully saturated rings. The van der Waals surface area contributed by atoms with Gasteiger partial charge in [-0.2, -0.15) is 5.26 Å². The number of hydrogen-bond donors (Lipinski definition) is 3.